The van der Waals surface area contributed by atoms with E-state index >= 15 is 0 Å². The third-order valence-corrected chi connectivity index (χ3v) is 5.56. The zero-order chi connectivity index (χ0) is 19.3. The van der Waals surface area contributed by atoms with Gasteiger partial charge in [-0.25, -0.2) is 0 Å². The van der Waals surface area contributed by atoms with Crippen LogP contribution in [-0.4, -0.2) is 37.8 Å². The van der Waals surface area contributed by atoms with Gasteiger partial charge >= 0.3 is 0 Å². The molecule has 0 radical (unpaired) electrons. The van der Waals surface area contributed by atoms with E-state index in [9.17, 15) is 5.11 Å². The normalized spacial score (nSPS) is 24.8. The van der Waals surface area contributed by atoms with Crippen molar-refractivity contribution in [3.05, 3.63) is 71.3 Å². The van der Waals surface area contributed by atoms with Gasteiger partial charge in [-0.2, -0.15) is 0 Å². The van der Waals surface area contributed by atoms with E-state index in [1.165, 1.54) is 0 Å². The summed E-state index contributed by atoms with van der Waals surface area (Å²) in [7, 11) is 5.84. The van der Waals surface area contributed by atoms with Crippen molar-refractivity contribution in [2.45, 2.75) is 31.3 Å². The molecule has 3 heteroatoms. The molecule has 27 heavy (non-hydrogen) atoms. The molecular formula is C24H31NO2. The summed E-state index contributed by atoms with van der Waals surface area (Å²) in [6, 6.07) is 18.3. The lowest BCUT2D eigenvalue weighted by Gasteiger charge is -2.39. The van der Waals surface area contributed by atoms with Gasteiger partial charge in [-0.05, 0) is 62.2 Å². The standard InChI is InChI=1S/C24H31NO2/c1-25(2)18-22-13-8-7-12-20(16-19-10-5-4-6-11-19)24(22,26)21-14-9-15-23(17-21)27-3/h4-6,9-11,14-17,22,26H,7-8,12-13,18H2,1-3H3. The summed E-state index contributed by atoms with van der Waals surface area (Å²) in [5, 5.41) is 12.2. The quantitative estimate of drug-likeness (QED) is 0.778. The summed E-state index contributed by atoms with van der Waals surface area (Å²) < 4.78 is 5.45. The molecule has 0 bridgehead atoms. The molecule has 2 aromatic rings. The molecular weight excluding hydrogens is 334 g/mol. The first kappa shape index (κ1) is 19.7. The smallest absolute Gasteiger partial charge is 0.119 e. The van der Waals surface area contributed by atoms with E-state index in [1.807, 2.05) is 42.5 Å². The predicted molar refractivity (Wildman–Crippen MR) is 112 cm³/mol. The second-order valence-corrected chi connectivity index (χ2v) is 7.78. The Hall–Kier alpha value is -2.10. The van der Waals surface area contributed by atoms with Crippen molar-refractivity contribution in [3.8, 4) is 5.75 Å². The first-order valence-corrected chi connectivity index (χ1v) is 9.81. The number of hydrogen-bond donors (Lipinski definition) is 1. The fourth-order valence-corrected chi connectivity index (χ4v) is 4.25. The molecule has 1 fully saturated rings. The molecule has 2 aromatic carbocycles. The number of rotatable bonds is 5. The Bertz CT molecular complexity index is 769. The SMILES string of the molecule is COc1cccc(C2(O)C(=Cc3ccccc3)CCCCC2CN(C)C)c1. The van der Waals surface area contributed by atoms with Gasteiger partial charge in [-0.15, -0.1) is 0 Å². The Morgan fingerprint density at radius 2 is 1.89 bits per heavy atom. The number of benzene rings is 2. The van der Waals surface area contributed by atoms with E-state index < -0.39 is 5.60 Å². The van der Waals surface area contributed by atoms with E-state index in [4.69, 9.17) is 4.74 Å². The Morgan fingerprint density at radius 3 is 2.59 bits per heavy atom. The number of nitrogens with zero attached hydrogens (tertiary/aromatic N) is 1. The maximum atomic E-state index is 12.2. The van der Waals surface area contributed by atoms with Gasteiger partial charge in [-0.3, -0.25) is 0 Å². The van der Waals surface area contributed by atoms with E-state index in [0.717, 1.165) is 54.7 Å². The Labute approximate surface area is 163 Å². The van der Waals surface area contributed by atoms with Crippen LogP contribution in [0.15, 0.2) is 60.2 Å². The van der Waals surface area contributed by atoms with E-state index in [2.05, 4.69) is 37.2 Å². The van der Waals surface area contributed by atoms with Gasteiger partial charge in [0.05, 0.1) is 7.11 Å². The third kappa shape index (κ3) is 4.42. The summed E-state index contributed by atoms with van der Waals surface area (Å²) in [6.45, 7) is 0.847. The highest BCUT2D eigenvalue weighted by molar-refractivity contribution is 5.57. The van der Waals surface area contributed by atoms with Crippen LogP contribution in [0.2, 0.25) is 0 Å². The van der Waals surface area contributed by atoms with Crippen molar-refractivity contribution in [1.29, 1.82) is 0 Å². The first-order valence-electron chi connectivity index (χ1n) is 9.81. The van der Waals surface area contributed by atoms with Crippen LogP contribution in [0.3, 0.4) is 0 Å². The largest absolute Gasteiger partial charge is 0.497 e. The fraction of sp³-hybridized carbons (Fsp3) is 0.417. The minimum atomic E-state index is -0.995. The topological polar surface area (TPSA) is 32.7 Å². The molecule has 3 rings (SSSR count). The van der Waals surface area contributed by atoms with Crippen LogP contribution in [0.25, 0.3) is 6.08 Å². The fourth-order valence-electron chi connectivity index (χ4n) is 4.25. The van der Waals surface area contributed by atoms with Crippen molar-refractivity contribution >= 4 is 6.08 Å². The first-order chi connectivity index (χ1) is 13.0. The lowest BCUT2D eigenvalue weighted by molar-refractivity contribution is 0.000337. The molecule has 1 N–H and O–H groups in total. The highest BCUT2D eigenvalue weighted by Crippen LogP contribution is 2.45. The Morgan fingerprint density at radius 1 is 1.11 bits per heavy atom. The average molecular weight is 366 g/mol. The summed E-state index contributed by atoms with van der Waals surface area (Å²) in [5.41, 5.74) is 2.17. The van der Waals surface area contributed by atoms with Crippen molar-refractivity contribution in [2.75, 3.05) is 27.7 Å². The van der Waals surface area contributed by atoms with Gasteiger partial charge in [-0.1, -0.05) is 55.0 Å². The molecule has 1 aliphatic rings. The minimum absolute atomic E-state index is 0.136. The molecule has 2 unspecified atom stereocenters. The van der Waals surface area contributed by atoms with Gasteiger partial charge in [0.2, 0.25) is 0 Å². The van der Waals surface area contributed by atoms with Crippen LogP contribution in [-0.2, 0) is 5.60 Å². The van der Waals surface area contributed by atoms with E-state index in [1.54, 1.807) is 7.11 Å². The van der Waals surface area contributed by atoms with Gasteiger partial charge in [0.25, 0.3) is 0 Å². The lowest BCUT2D eigenvalue weighted by atomic mass is 9.74. The third-order valence-electron chi connectivity index (χ3n) is 5.56. The zero-order valence-corrected chi connectivity index (χ0v) is 16.7. The number of ether oxygens (including phenoxy) is 1. The van der Waals surface area contributed by atoms with Crippen molar-refractivity contribution in [2.24, 2.45) is 5.92 Å². The van der Waals surface area contributed by atoms with Crippen LogP contribution in [0.1, 0.15) is 36.8 Å². The highest BCUT2D eigenvalue weighted by atomic mass is 16.5. The molecule has 0 heterocycles. The Kier molecular flexibility index (Phi) is 6.35. The summed E-state index contributed by atoms with van der Waals surface area (Å²) in [5.74, 6) is 0.921. The van der Waals surface area contributed by atoms with E-state index in [-0.39, 0.29) is 5.92 Å². The van der Waals surface area contributed by atoms with Gasteiger partial charge in [0.15, 0.2) is 0 Å². The van der Waals surface area contributed by atoms with Crippen LogP contribution < -0.4 is 4.74 Å². The average Bonchev–Trinajstić information content (AvgIpc) is 2.83. The Balaban J connectivity index is 2.14. The van der Waals surface area contributed by atoms with Crippen molar-refractivity contribution in [3.63, 3.8) is 0 Å². The van der Waals surface area contributed by atoms with Gasteiger partial charge < -0.3 is 14.7 Å². The van der Waals surface area contributed by atoms with Crippen LogP contribution in [0.5, 0.6) is 5.75 Å². The van der Waals surface area contributed by atoms with Crippen LogP contribution >= 0.6 is 0 Å². The lowest BCUT2D eigenvalue weighted by Crippen LogP contribution is -2.41. The monoisotopic (exact) mass is 365 g/mol. The number of methoxy groups -OCH3 is 1. The molecule has 0 saturated heterocycles. The van der Waals surface area contributed by atoms with Gasteiger partial charge in [0.1, 0.15) is 11.4 Å². The van der Waals surface area contributed by atoms with Crippen molar-refractivity contribution < 1.29 is 9.84 Å². The van der Waals surface area contributed by atoms with Crippen LogP contribution in [0, 0.1) is 5.92 Å². The predicted octanol–water partition coefficient (Wildman–Crippen LogP) is 4.72. The molecule has 1 saturated carbocycles. The molecule has 3 nitrogen and oxygen atoms in total. The van der Waals surface area contributed by atoms with E-state index in [0.29, 0.717) is 0 Å². The zero-order valence-electron chi connectivity index (χ0n) is 16.7. The summed E-state index contributed by atoms with van der Waals surface area (Å²) >= 11 is 0. The van der Waals surface area contributed by atoms with Crippen LogP contribution in [0.4, 0.5) is 0 Å². The maximum absolute atomic E-state index is 12.2. The number of aliphatic hydroxyl groups is 1. The molecule has 0 spiro atoms. The summed E-state index contributed by atoms with van der Waals surface area (Å²) in [4.78, 5) is 2.18. The highest BCUT2D eigenvalue weighted by Gasteiger charge is 2.43. The molecule has 2 atom stereocenters. The molecule has 0 aliphatic heterocycles. The minimum Gasteiger partial charge on any atom is -0.497 e. The molecule has 1 aliphatic carbocycles. The maximum Gasteiger partial charge on any atom is 0.119 e. The molecule has 144 valence electrons. The van der Waals surface area contributed by atoms with Crippen molar-refractivity contribution in [1.82, 2.24) is 4.90 Å². The second kappa shape index (κ2) is 8.73. The molecule has 0 amide bonds. The second-order valence-electron chi connectivity index (χ2n) is 7.78. The summed E-state index contributed by atoms with van der Waals surface area (Å²) in [6.07, 6.45) is 6.35. The number of hydrogen-bond acceptors (Lipinski definition) is 3. The van der Waals surface area contributed by atoms with Gasteiger partial charge in [0, 0.05) is 12.5 Å². The molecule has 0 aromatic heterocycles.